The molecule has 3 nitrogen and oxygen atoms in total. The molecular formula is C14H21F2N3. The van der Waals surface area contributed by atoms with E-state index in [1.165, 1.54) is 12.1 Å². The molecule has 0 radical (unpaired) electrons. The third kappa shape index (κ3) is 3.72. The molecule has 5 heteroatoms. The SMILES string of the molecule is CNC(CC1CN(C)CCN1)c1ccc(F)c(F)c1. The standard InChI is InChI=1S/C14H21F2N3/c1-17-14(8-11-9-19(2)6-5-18-11)10-3-4-12(15)13(16)7-10/h3-4,7,11,14,17-18H,5-6,8-9H2,1-2H3. The average molecular weight is 269 g/mol. The molecule has 1 aromatic rings. The van der Waals surface area contributed by atoms with Crippen LogP contribution in [0.2, 0.25) is 0 Å². The number of halogens is 2. The van der Waals surface area contributed by atoms with Crippen LogP contribution < -0.4 is 10.6 Å². The number of benzene rings is 1. The lowest BCUT2D eigenvalue weighted by Crippen LogP contribution is -2.50. The maximum atomic E-state index is 13.3. The van der Waals surface area contributed by atoms with Gasteiger partial charge in [0.15, 0.2) is 11.6 Å². The number of hydrogen-bond acceptors (Lipinski definition) is 3. The lowest BCUT2D eigenvalue weighted by atomic mass is 9.98. The second-order valence-corrected chi connectivity index (χ2v) is 5.16. The Bertz CT molecular complexity index is 425. The highest BCUT2D eigenvalue weighted by Crippen LogP contribution is 2.21. The molecule has 2 unspecified atom stereocenters. The van der Waals surface area contributed by atoms with E-state index in [0.29, 0.717) is 6.04 Å². The molecule has 0 aliphatic carbocycles. The van der Waals surface area contributed by atoms with Crippen molar-refractivity contribution in [2.24, 2.45) is 0 Å². The molecule has 0 amide bonds. The van der Waals surface area contributed by atoms with Crippen LogP contribution >= 0.6 is 0 Å². The lowest BCUT2D eigenvalue weighted by Gasteiger charge is -2.33. The van der Waals surface area contributed by atoms with Gasteiger partial charge >= 0.3 is 0 Å². The topological polar surface area (TPSA) is 27.3 Å². The first-order valence-electron chi connectivity index (χ1n) is 6.64. The van der Waals surface area contributed by atoms with Gasteiger partial charge in [-0.05, 0) is 38.2 Å². The zero-order chi connectivity index (χ0) is 13.8. The highest BCUT2D eigenvalue weighted by Gasteiger charge is 2.21. The van der Waals surface area contributed by atoms with Gasteiger partial charge < -0.3 is 15.5 Å². The fourth-order valence-electron chi connectivity index (χ4n) is 2.58. The second kappa shape index (κ2) is 6.41. The molecule has 1 aliphatic rings. The van der Waals surface area contributed by atoms with E-state index in [-0.39, 0.29) is 6.04 Å². The zero-order valence-electron chi connectivity index (χ0n) is 11.4. The molecule has 1 heterocycles. The van der Waals surface area contributed by atoms with Crippen LogP contribution in [0.4, 0.5) is 8.78 Å². The molecular weight excluding hydrogens is 248 g/mol. The zero-order valence-corrected chi connectivity index (χ0v) is 11.4. The summed E-state index contributed by atoms with van der Waals surface area (Å²) in [5, 5.41) is 6.64. The first-order chi connectivity index (χ1) is 9.10. The predicted molar refractivity (Wildman–Crippen MR) is 72.1 cm³/mol. The molecule has 0 aromatic heterocycles. The van der Waals surface area contributed by atoms with Crippen molar-refractivity contribution in [1.82, 2.24) is 15.5 Å². The van der Waals surface area contributed by atoms with E-state index >= 15 is 0 Å². The van der Waals surface area contributed by atoms with Crippen LogP contribution in [0.5, 0.6) is 0 Å². The minimum absolute atomic E-state index is 0.0269. The van der Waals surface area contributed by atoms with Gasteiger partial charge in [0.2, 0.25) is 0 Å². The summed E-state index contributed by atoms with van der Waals surface area (Å²) in [4.78, 5) is 2.28. The van der Waals surface area contributed by atoms with Crippen LogP contribution in [-0.2, 0) is 0 Å². The number of nitrogens with zero attached hydrogens (tertiary/aromatic N) is 1. The Morgan fingerprint density at radius 2 is 2.21 bits per heavy atom. The van der Waals surface area contributed by atoms with E-state index in [9.17, 15) is 8.78 Å². The summed E-state index contributed by atoms with van der Waals surface area (Å²) in [7, 11) is 3.94. The molecule has 2 N–H and O–H groups in total. The van der Waals surface area contributed by atoms with Gasteiger partial charge in [-0.1, -0.05) is 6.07 Å². The predicted octanol–water partition coefficient (Wildman–Crippen LogP) is 1.52. The molecule has 2 atom stereocenters. The van der Waals surface area contributed by atoms with Gasteiger partial charge in [-0.2, -0.15) is 0 Å². The second-order valence-electron chi connectivity index (χ2n) is 5.16. The molecule has 1 fully saturated rings. The third-order valence-electron chi connectivity index (χ3n) is 3.67. The Morgan fingerprint density at radius 1 is 1.42 bits per heavy atom. The summed E-state index contributed by atoms with van der Waals surface area (Å²) in [6.45, 7) is 2.99. The van der Waals surface area contributed by atoms with Crippen molar-refractivity contribution < 1.29 is 8.78 Å². The Labute approximate surface area is 113 Å². The molecule has 1 aromatic carbocycles. The molecule has 2 rings (SSSR count). The van der Waals surface area contributed by atoms with Crippen molar-refractivity contribution >= 4 is 0 Å². The van der Waals surface area contributed by atoms with Crippen molar-refractivity contribution in [3.63, 3.8) is 0 Å². The molecule has 0 spiro atoms. The summed E-state index contributed by atoms with van der Waals surface area (Å²) < 4.78 is 26.3. The quantitative estimate of drug-likeness (QED) is 0.868. The average Bonchev–Trinajstić information content (AvgIpc) is 2.39. The lowest BCUT2D eigenvalue weighted by molar-refractivity contribution is 0.221. The fraction of sp³-hybridized carbons (Fsp3) is 0.571. The summed E-state index contributed by atoms with van der Waals surface area (Å²) in [6.07, 6.45) is 0.853. The highest BCUT2D eigenvalue weighted by atomic mass is 19.2. The summed E-state index contributed by atoms with van der Waals surface area (Å²) in [5.74, 6) is -1.58. The van der Waals surface area contributed by atoms with Gasteiger partial charge in [-0.3, -0.25) is 0 Å². The van der Waals surface area contributed by atoms with Crippen molar-refractivity contribution in [2.75, 3.05) is 33.7 Å². The monoisotopic (exact) mass is 269 g/mol. The van der Waals surface area contributed by atoms with E-state index in [1.54, 1.807) is 6.07 Å². The minimum atomic E-state index is -0.797. The van der Waals surface area contributed by atoms with E-state index in [4.69, 9.17) is 0 Å². The number of piperazine rings is 1. The van der Waals surface area contributed by atoms with Crippen LogP contribution in [0.15, 0.2) is 18.2 Å². The Morgan fingerprint density at radius 3 is 2.84 bits per heavy atom. The third-order valence-corrected chi connectivity index (χ3v) is 3.67. The Balaban J connectivity index is 2.04. The van der Waals surface area contributed by atoms with Gasteiger partial charge in [-0.15, -0.1) is 0 Å². The highest BCUT2D eigenvalue weighted by molar-refractivity contribution is 5.21. The van der Waals surface area contributed by atoms with Crippen LogP contribution in [0.3, 0.4) is 0 Å². The molecule has 106 valence electrons. The molecule has 19 heavy (non-hydrogen) atoms. The Kier molecular flexibility index (Phi) is 4.85. The summed E-state index contributed by atoms with van der Waals surface area (Å²) in [6, 6.07) is 4.51. The van der Waals surface area contributed by atoms with Gasteiger partial charge in [0.25, 0.3) is 0 Å². The van der Waals surface area contributed by atoms with Crippen LogP contribution in [0, 0.1) is 11.6 Å². The van der Waals surface area contributed by atoms with Gasteiger partial charge in [0.05, 0.1) is 0 Å². The number of rotatable bonds is 4. The van der Waals surface area contributed by atoms with Gasteiger partial charge in [-0.25, -0.2) is 8.78 Å². The summed E-state index contributed by atoms with van der Waals surface area (Å²) in [5.41, 5.74) is 0.788. The number of nitrogens with one attached hydrogen (secondary N) is 2. The first kappa shape index (κ1) is 14.4. The number of hydrogen-bond donors (Lipinski definition) is 2. The van der Waals surface area contributed by atoms with Crippen molar-refractivity contribution in [2.45, 2.75) is 18.5 Å². The van der Waals surface area contributed by atoms with Crippen LogP contribution in [-0.4, -0.2) is 44.7 Å². The van der Waals surface area contributed by atoms with Crippen molar-refractivity contribution in [3.8, 4) is 0 Å². The van der Waals surface area contributed by atoms with E-state index < -0.39 is 11.6 Å². The Hall–Kier alpha value is -1.04. The molecule has 0 bridgehead atoms. The van der Waals surface area contributed by atoms with E-state index in [1.807, 2.05) is 7.05 Å². The van der Waals surface area contributed by atoms with Crippen molar-refractivity contribution in [1.29, 1.82) is 0 Å². The largest absolute Gasteiger partial charge is 0.313 e. The summed E-state index contributed by atoms with van der Waals surface area (Å²) >= 11 is 0. The first-order valence-corrected chi connectivity index (χ1v) is 6.64. The fourth-order valence-corrected chi connectivity index (χ4v) is 2.58. The molecule has 0 saturated carbocycles. The van der Waals surface area contributed by atoms with Crippen LogP contribution in [0.25, 0.3) is 0 Å². The van der Waals surface area contributed by atoms with Gasteiger partial charge in [0.1, 0.15) is 0 Å². The molecule has 1 saturated heterocycles. The normalized spacial score (nSPS) is 22.4. The smallest absolute Gasteiger partial charge is 0.159 e. The van der Waals surface area contributed by atoms with Crippen LogP contribution in [0.1, 0.15) is 18.0 Å². The maximum Gasteiger partial charge on any atom is 0.159 e. The van der Waals surface area contributed by atoms with E-state index in [0.717, 1.165) is 31.6 Å². The van der Waals surface area contributed by atoms with Gasteiger partial charge in [0, 0.05) is 31.7 Å². The van der Waals surface area contributed by atoms with Crippen molar-refractivity contribution in [3.05, 3.63) is 35.4 Å². The maximum absolute atomic E-state index is 13.3. The molecule has 1 aliphatic heterocycles. The van der Waals surface area contributed by atoms with E-state index in [2.05, 4.69) is 22.6 Å². The minimum Gasteiger partial charge on any atom is -0.313 e. The number of likely N-dealkylation sites (N-methyl/N-ethyl adjacent to an activating group) is 1.